The molecule has 0 radical (unpaired) electrons. The molecule has 0 saturated carbocycles. The lowest BCUT2D eigenvalue weighted by molar-refractivity contribution is -0.122. The van der Waals surface area contributed by atoms with Crippen molar-refractivity contribution in [1.29, 1.82) is 0 Å². The number of hydrogen-bond donors (Lipinski definition) is 2. The summed E-state index contributed by atoms with van der Waals surface area (Å²) >= 11 is 1.37. The smallest absolute Gasteiger partial charge is 0.249 e. The number of hydrogen-bond acceptors (Lipinski definition) is 5. The average molecular weight is 586 g/mol. The van der Waals surface area contributed by atoms with Crippen LogP contribution in [-0.2, 0) is 21.2 Å². The van der Waals surface area contributed by atoms with E-state index in [0.717, 1.165) is 36.2 Å². The largest absolute Gasteiger partial charge is 0.347 e. The Morgan fingerprint density at radius 2 is 1.41 bits per heavy atom. The van der Waals surface area contributed by atoms with Crippen molar-refractivity contribution >= 4 is 27.7 Å². The van der Waals surface area contributed by atoms with Gasteiger partial charge in [-0.2, -0.15) is 4.31 Å². The summed E-state index contributed by atoms with van der Waals surface area (Å²) in [5.41, 5.74) is 4.24. The molecule has 1 aliphatic heterocycles. The van der Waals surface area contributed by atoms with Crippen LogP contribution in [0.1, 0.15) is 23.6 Å². The van der Waals surface area contributed by atoms with Crippen LogP contribution in [0.15, 0.2) is 120 Å². The molecule has 0 bridgehead atoms. The van der Waals surface area contributed by atoms with Gasteiger partial charge in [-0.15, -0.1) is 11.8 Å². The zero-order valence-electron chi connectivity index (χ0n) is 22.9. The molecule has 1 fully saturated rings. The van der Waals surface area contributed by atoms with Crippen LogP contribution in [-0.4, -0.2) is 49.4 Å². The molecule has 2 atom stereocenters. The molecule has 1 amide bonds. The summed E-state index contributed by atoms with van der Waals surface area (Å²) in [5, 5.41) is 5.83. The molecule has 41 heavy (non-hydrogen) atoms. The highest BCUT2D eigenvalue weighted by molar-refractivity contribution is 8.02. The van der Waals surface area contributed by atoms with Gasteiger partial charge in [-0.3, -0.25) is 4.79 Å². The van der Waals surface area contributed by atoms with Gasteiger partial charge in [0.1, 0.15) is 5.37 Å². The summed E-state index contributed by atoms with van der Waals surface area (Å²) in [5.74, 6) is 0.284. The van der Waals surface area contributed by atoms with E-state index in [1.807, 2.05) is 91.0 Å². The second-order valence-electron chi connectivity index (χ2n) is 9.98. The van der Waals surface area contributed by atoms with E-state index in [9.17, 15) is 13.2 Å². The number of sulfonamides is 1. The summed E-state index contributed by atoms with van der Waals surface area (Å²) in [7, 11) is -3.84. The zero-order valence-corrected chi connectivity index (χ0v) is 24.5. The fourth-order valence-corrected chi connectivity index (χ4v) is 8.08. The number of carbonyl (C=O) groups excluding carboxylic acids is 1. The minimum Gasteiger partial charge on any atom is -0.347 e. The number of benzene rings is 4. The van der Waals surface area contributed by atoms with Crippen LogP contribution in [0.5, 0.6) is 0 Å². The van der Waals surface area contributed by atoms with Crippen molar-refractivity contribution in [2.75, 3.05) is 25.4 Å². The molecule has 6 nitrogen and oxygen atoms in total. The molecule has 8 heteroatoms. The van der Waals surface area contributed by atoms with Gasteiger partial charge in [0.2, 0.25) is 15.9 Å². The summed E-state index contributed by atoms with van der Waals surface area (Å²) in [6.07, 6.45) is 1.62. The van der Waals surface area contributed by atoms with Crippen molar-refractivity contribution in [3.8, 4) is 11.1 Å². The predicted octanol–water partition coefficient (Wildman–Crippen LogP) is 5.50. The van der Waals surface area contributed by atoms with Gasteiger partial charge in [-0.05, 0) is 60.3 Å². The Kier molecular flexibility index (Phi) is 9.90. The monoisotopic (exact) mass is 585 g/mol. The van der Waals surface area contributed by atoms with Crippen molar-refractivity contribution in [3.05, 3.63) is 126 Å². The van der Waals surface area contributed by atoms with E-state index >= 15 is 0 Å². The van der Waals surface area contributed by atoms with Gasteiger partial charge in [0.15, 0.2) is 0 Å². The maximum absolute atomic E-state index is 13.6. The van der Waals surface area contributed by atoms with Crippen LogP contribution < -0.4 is 10.6 Å². The normalized spacial score (nSPS) is 16.3. The lowest BCUT2D eigenvalue weighted by Crippen LogP contribution is -2.46. The van der Waals surface area contributed by atoms with E-state index in [4.69, 9.17) is 0 Å². The van der Waals surface area contributed by atoms with Gasteiger partial charge in [0, 0.05) is 12.3 Å². The minimum absolute atomic E-state index is 0.194. The second kappa shape index (κ2) is 14.0. The summed E-state index contributed by atoms with van der Waals surface area (Å²) in [6.45, 7) is 1.86. The Labute approximate surface area is 247 Å². The predicted molar refractivity (Wildman–Crippen MR) is 167 cm³/mol. The van der Waals surface area contributed by atoms with Gasteiger partial charge >= 0.3 is 0 Å². The van der Waals surface area contributed by atoms with Gasteiger partial charge in [-0.25, -0.2) is 8.42 Å². The lowest BCUT2D eigenvalue weighted by Gasteiger charge is -2.26. The SMILES string of the molecule is O=C(NC(CCNCCc1ccccc1)c1ccccc1)C1SCCN1S(=O)(=O)c1ccc(-c2ccccc2)cc1. The van der Waals surface area contributed by atoms with Crippen molar-refractivity contribution in [3.63, 3.8) is 0 Å². The molecule has 1 saturated heterocycles. The van der Waals surface area contributed by atoms with Crippen LogP contribution in [0.4, 0.5) is 0 Å². The van der Waals surface area contributed by atoms with E-state index in [0.29, 0.717) is 18.7 Å². The van der Waals surface area contributed by atoms with Crippen LogP contribution in [0.25, 0.3) is 11.1 Å². The number of carbonyl (C=O) groups is 1. The van der Waals surface area contributed by atoms with Crippen molar-refractivity contribution in [2.24, 2.45) is 0 Å². The van der Waals surface area contributed by atoms with Crippen molar-refractivity contribution in [2.45, 2.75) is 29.2 Å². The summed E-state index contributed by atoms with van der Waals surface area (Å²) < 4.78 is 28.6. The number of rotatable bonds is 12. The number of nitrogens with zero attached hydrogens (tertiary/aromatic N) is 1. The van der Waals surface area contributed by atoms with Gasteiger partial charge in [0.25, 0.3) is 0 Å². The Hall–Kier alpha value is -3.43. The molecule has 0 aromatic heterocycles. The number of nitrogens with one attached hydrogen (secondary N) is 2. The lowest BCUT2D eigenvalue weighted by atomic mass is 10.0. The van der Waals surface area contributed by atoms with Crippen LogP contribution in [0, 0.1) is 0 Å². The first-order valence-electron chi connectivity index (χ1n) is 13.9. The van der Waals surface area contributed by atoms with Crippen molar-refractivity contribution < 1.29 is 13.2 Å². The Morgan fingerprint density at radius 3 is 2.10 bits per heavy atom. The van der Waals surface area contributed by atoms with Gasteiger partial charge in [0.05, 0.1) is 10.9 Å². The van der Waals surface area contributed by atoms with Gasteiger partial charge in [-0.1, -0.05) is 103 Å². The molecular weight excluding hydrogens is 551 g/mol. The third-order valence-corrected chi connectivity index (χ3v) is 10.4. The van der Waals surface area contributed by atoms with Crippen molar-refractivity contribution in [1.82, 2.24) is 14.9 Å². The zero-order chi connectivity index (χ0) is 28.5. The first-order chi connectivity index (χ1) is 20.0. The maximum Gasteiger partial charge on any atom is 0.249 e. The van der Waals surface area contributed by atoms with E-state index < -0.39 is 15.4 Å². The molecule has 4 aromatic carbocycles. The molecule has 5 rings (SSSR count). The minimum atomic E-state index is -3.84. The first kappa shape index (κ1) is 29.1. The molecular formula is C33H35N3O3S2. The van der Waals surface area contributed by atoms with E-state index in [2.05, 4.69) is 22.8 Å². The quantitative estimate of drug-likeness (QED) is 0.215. The summed E-state index contributed by atoms with van der Waals surface area (Å²) in [6, 6.07) is 36.7. The molecule has 212 valence electrons. The summed E-state index contributed by atoms with van der Waals surface area (Å²) in [4.78, 5) is 13.8. The van der Waals surface area contributed by atoms with E-state index in [-0.39, 0.29) is 16.8 Å². The second-order valence-corrected chi connectivity index (χ2v) is 13.1. The topological polar surface area (TPSA) is 78.5 Å². The Morgan fingerprint density at radius 1 is 0.805 bits per heavy atom. The molecule has 0 spiro atoms. The molecule has 1 aliphatic rings. The van der Waals surface area contributed by atoms with Crippen LogP contribution >= 0.6 is 11.8 Å². The third-order valence-electron chi connectivity index (χ3n) is 7.20. The Bertz CT molecular complexity index is 1500. The van der Waals surface area contributed by atoms with Crippen LogP contribution in [0.3, 0.4) is 0 Å². The fraction of sp³-hybridized carbons (Fsp3) is 0.242. The van der Waals surface area contributed by atoms with E-state index in [1.54, 1.807) is 12.1 Å². The highest BCUT2D eigenvalue weighted by atomic mass is 32.2. The van der Waals surface area contributed by atoms with E-state index in [1.165, 1.54) is 21.6 Å². The average Bonchev–Trinajstić information content (AvgIpc) is 3.53. The molecule has 1 heterocycles. The highest BCUT2D eigenvalue weighted by Crippen LogP contribution is 2.32. The standard InChI is InChI=1S/C33H35N3O3S2/c37-32(35-31(29-14-8-3-9-15-29)21-23-34-22-20-26-10-4-1-5-11-26)33-36(24-25-40-33)41(38,39)30-18-16-28(17-19-30)27-12-6-2-7-13-27/h1-19,31,33-34H,20-25H2,(H,35,37). The van der Waals surface area contributed by atoms with Gasteiger partial charge < -0.3 is 10.6 Å². The molecule has 0 aliphatic carbocycles. The number of thioether (sulfide) groups is 1. The maximum atomic E-state index is 13.6. The fourth-order valence-electron chi connectivity index (χ4n) is 4.99. The number of amides is 1. The molecule has 4 aromatic rings. The highest BCUT2D eigenvalue weighted by Gasteiger charge is 2.40. The molecule has 2 N–H and O–H groups in total. The third kappa shape index (κ3) is 7.45. The Balaban J connectivity index is 1.24. The first-order valence-corrected chi connectivity index (χ1v) is 16.4. The molecule has 2 unspecified atom stereocenters. The van der Waals surface area contributed by atoms with Crippen LogP contribution in [0.2, 0.25) is 0 Å².